The molecule has 9 rings (SSSR count). The summed E-state index contributed by atoms with van der Waals surface area (Å²) in [7, 11) is 0. The van der Waals surface area contributed by atoms with Crippen molar-refractivity contribution >= 4 is 21.8 Å². The van der Waals surface area contributed by atoms with Crippen LogP contribution in [0.3, 0.4) is 0 Å². The Morgan fingerprint density at radius 1 is 0.458 bits per heavy atom. The van der Waals surface area contributed by atoms with Crippen molar-refractivity contribution in [3.05, 3.63) is 181 Å². The van der Waals surface area contributed by atoms with Gasteiger partial charge in [0.2, 0.25) is 0 Å². The first-order valence-corrected chi connectivity index (χ1v) is 20.0. The topological polar surface area (TPSA) is 50.9 Å². The monoisotopic (exact) mass is 947 g/mol. The zero-order chi connectivity index (χ0) is 40.2. The van der Waals surface area contributed by atoms with Gasteiger partial charge in [-0.25, -0.2) is 0 Å². The molecule has 0 saturated heterocycles. The van der Waals surface area contributed by atoms with E-state index in [4.69, 9.17) is 9.97 Å². The molecule has 294 valence electrons. The molecule has 3 aromatic heterocycles. The Morgan fingerprint density at radius 2 is 1.03 bits per heavy atom. The van der Waals surface area contributed by atoms with Gasteiger partial charge < -0.3 is 9.67 Å². The molecule has 0 unspecified atom stereocenters. The molecule has 0 aliphatic carbocycles. The van der Waals surface area contributed by atoms with Gasteiger partial charge in [-0.3, -0.25) is 9.97 Å². The van der Waals surface area contributed by atoms with Crippen LogP contribution in [0.4, 0.5) is 0 Å². The third kappa shape index (κ3) is 7.78. The van der Waals surface area contributed by atoms with Gasteiger partial charge in [-0.2, -0.15) is 0 Å². The molecular formula is C54H46N3OPt-. The summed E-state index contributed by atoms with van der Waals surface area (Å²) in [5.41, 5.74) is 14.7. The molecule has 59 heavy (non-hydrogen) atoms. The number of hydrogen-bond acceptors (Lipinski definition) is 3. The Balaban J connectivity index is 0.00000484. The minimum atomic E-state index is -0.0388. The number of fused-ring (bicyclic) bond motifs is 3. The molecule has 6 aromatic carbocycles. The van der Waals surface area contributed by atoms with E-state index in [1.54, 1.807) is 6.07 Å². The van der Waals surface area contributed by atoms with Gasteiger partial charge in [-0.15, -0.1) is 24.3 Å². The van der Waals surface area contributed by atoms with Crippen LogP contribution in [0.1, 0.15) is 52.7 Å². The largest absolute Gasteiger partial charge is 0.507 e. The molecule has 1 N–H and O–H groups in total. The van der Waals surface area contributed by atoms with Gasteiger partial charge in [-0.1, -0.05) is 144 Å². The minimum absolute atomic E-state index is 0. The van der Waals surface area contributed by atoms with Crippen LogP contribution in [0.15, 0.2) is 164 Å². The predicted octanol–water partition coefficient (Wildman–Crippen LogP) is 14.0. The molecule has 5 heteroatoms. The Bertz CT molecular complexity index is 2950. The molecule has 0 fully saturated rings. The smallest absolute Gasteiger partial charge is 0.124 e. The fraction of sp³-hybridized carbons (Fsp3) is 0.148. The van der Waals surface area contributed by atoms with Crippen molar-refractivity contribution in [3.63, 3.8) is 0 Å². The second-order valence-corrected chi connectivity index (χ2v) is 17.2. The first kappa shape index (κ1) is 39.7. The maximum Gasteiger partial charge on any atom is 0.124 e. The number of nitrogens with zero attached hydrogens (tertiary/aromatic N) is 3. The van der Waals surface area contributed by atoms with Gasteiger partial charge in [-0.05, 0) is 87.7 Å². The molecule has 4 nitrogen and oxygen atoms in total. The van der Waals surface area contributed by atoms with Gasteiger partial charge in [0.1, 0.15) is 5.75 Å². The third-order valence-electron chi connectivity index (χ3n) is 11.1. The van der Waals surface area contributed by atoms with Crippen LogP contribution in [0.5, 0.6) is 5.75 Å². The molecule has 0 amide bonds. The van der Waals surface area contributed by atoms with E-state index in [2.05, 4.69) is 180 Å². The molecule has 0 atom stereocenters. The molecular weight excluding hydrogens is 902 g/mol. The fourth-order valence-electron chi connectivity index (χ4n) is 7.82. The van der Waals surface area contributed by atoms with E-state index in [1.165, 1.54) is 27.4 Å². The predicted molar refractivity (Wildman–Crippen MR) is 241 cm³/mol. The van der Waals surface area contributed by atoms with Crippen molar-refractivity contribution in [3.8, 4) is 67.6 Å². The Kier molecular flexibility index (Phi) is 10.5. The summed E-state index contributed by atoms with van der Waals surface area (Å²) < 4.78 is 2.33. The van der Waals surface area contributed by atoms with Crippen LogP contribution in [-0.2, 0) is 31.9 Å². The first-order valence-electron chi connectivity index (χ1n) is 20.0. The van der Waals surface area contributed by atoms with Crippen LogP contribution >= 0.6 is 0 Å². The Morgan fingerprint density at radius 3 is 1.76 bits per heavy atom. The number of para-hydroxylation sites is 3. The van der Waals surface area contributed by atoms with Gasteiger partial charge in [0.05, 0.1) is 22.4 Å². The first-order chi connectivity index (χ1) is 27.9. The molecule has 0 aliphatic rings. The summed E-state index contributed by atoms with van der Waals surface area (Å²) in [4.78, 5) is 10.4. The summed E-state index contributed by atoms with van der Waals surface area (Å²) in [6, 6.07) is 60.4. The SMILES string of the molecule is CC(C)(C)c1cc(-c2cc(-c3[c-]c(-c4cccc(-c5ccc6c(c5)c5ccccc5n6-c5ccccc5)n4)ccc3)nc(-c3ccccc3O)c2)cc(C(C)(C)C)c1.[Pt]. The maximum atomic E-state index is 11.0. The number of hydrogen-bond donors (Lipinski definition) is 1. The van der Waals surface area contributed by atoms with E-state index in [9.17, 15) is 5.11 Å². The van der Waals surface area contributed by atoms with Crippen LogP contribution < -0.4 is 0 Å². The average molecular weight is 948 g/mol. The molecule has 0 saturated carbocycles. The van der Waals surface area contributed by atoms with Crippen LogP contribution in [0.2, 0.25) is 0 Å². The summed E-state index contributed by atoms with van der Waals surface area (Å²) in [5, 5.41) is 13.4. The second kappa shape index (κ2) is 15.6. The summed E-state index contributed by atoms with van der Waals surface area (Å²) in [6.07, 6.45) is 0. The van der Waals surface area contributed by atoms with Crippen molar-refractivity contribution < 1.29 is 26.2 Å². The standard InChI is InChI=1S/C54H46N3O.Pt/c1-53(2,3)40-29-38(30-41(34-40)54(4,5)6)39-32-48(56-49(33-39)44-21-11-13-25-52(44)58)36-17-14-16-35(28-36)46-22-15-23-47(55-46)37-26-27-51-45(31-37)43-20-10-12-24-50(43)57(51)42-18-8-7-9-19-42;/h7-27,29-34,58H,1-6H3;/q-1;. The number of phenols is 1. The van der Waals surface area contributed by atoms with E-state index in [0.717, 1.165) is 56.1 Å². The van der Waals surface area contributed by atoms with Gasteiger partial charge >= 0.3 is 0 Å². The summed E-state index contributed by atoms with van der Waals surface area (Å²) in [6.45, 7) is 13.6. The molecule has 9 aromatic rings. The quantitative estimate of drug-likeness (QED) is 0.169. The van der Waals surface area contributed by atoms with Crippen molar-refractivity contribution in [2.75, 3.05) is 0 Å². The molecule has 0 spiro atoms. The number of aromatic nitrogens is 3. The van der Waals surface area contributed by atoms with Crippen LogP contribution in [-0.4, -0.2) is 19.6 Å². The van der Waals surface area contributed by atoms with E-state index < -0.39 is 0 Å². The van der Waals surface area contributed by atoms with E-state index >= 15 is 0 Å². The van der Waals surface area contributed by atoms with E-state index in [0.29, 0.717) is 11.3 Å². The van der Waals surface area contributed by atoms with E-state index in [1.807, 2.05) is 30.3 Å². The van der Waals surface area contributed by atoms with Crippen molar-refractivity contribution in [2.24, 2.45) is 0 Å². The van der Waals surface area contributed by atoms with Gasteiger partial charge in [0, 0.05) is 60.0 Å². The molecule has 0 aliphatic heterocycles. The normalized spacial score (nSPS) is 11.8. The minimum Gasteiger partial charge on any atom is -0.507 e. The average Bonchev–Trinajstić information content (AvgIpc) is 3.57. The van der Waals surface area contributed by atoms with Crippen molar-refractivity contribution in [1.82, 2.24) is 14.5 Å². The molecule has 3 heterocycles. The number of aromatic hydroxyl groups is 1. The number of pyridine rings is 2. The van der Waals surface area contributed by atoms with Crippen LogP contribution in [0, 0.1) is 6.07 Å². The molecule has 0 radical (unpaired) electrons. The maximum absolute atomic E-state index is 11.0. The van der Waals surface area contributed by atoms with Gasteiger partial charge in [0.25, 0.3) is 0 Å². The zero-order valence-electron chi connectivity index (χ0n) is 34.2. The van der Waals surface area contributed by atoms with Crippen molar-refractivity contribution in [1.29, 1.82) is 0 Å². The van der Waals surface area contributed by atoms with E-state index in [-0.39, 0.29) is 37.6 Å². The summed E-state index contributed by atoms with van der Waals surface area (Å²) in [5.74, 6) is 0.193. The molecule has 0 bridgehead atoms. The number of rotatable bonds is 6. The second-order valence-electron chi connectivity index (χ2n) is 17.2. The number of benzene rings is 6. The van der Waals surface area contributed by atoms with Crippen LogP contribution in [0.25, 0.3) is 83.6 Å². The Labute approximate surface area is 361 Å². The summed E-state index contributed by atoms with van der Waals surface area (Å²) >= 11 is 0. The third-order valence-corrected chi connectivity index (χ3v) is 11.1. The van der Waals surface area contributed by atoms with Gasteiger partial charge in [0.15, 0.2) is 0 Å². The zero-order valence-corrected chi connectivity index (χ0v) is 36.5. The number of phenolic OH excluding ortho intramolecular Hbond substituents is 1. The fourth-order valence-corrected chi connectivity index (χ4v) is 7.82. The Hall–Kier alpha value is -6.09. The van der Waals surface area contributed by atoms with Crippen molar-refractivity contribution in [2.45, 2.75) is 52.4 Å².